The van der Waals surface area contributed by atoms with Crippen molar-refractivity contribution in [2.75, 3.05) is 20.1 Å². The maximum atomic E-state index is 6.35. The van der Waals surface area contributed by atoms with Crippen LogP contribution in [0.3, 0.4) is 0 Å². The molecule has 0 N–H and O–H groups in total. The van der Waals surface area contributed by atoms with Gasteiger partial charge in [-0.05, 0) is 112 Å². The fourth-order valence-electron chi connectivity index (χ4n) is 5.00. The van der Waals surface area contributed by atoms with Gasteiger partial charge >= 0.3 is 0 Å². The third-order valence-electron chi connectivity index (χ3n) is 7.30. The molecule has 2 heteroatoms. The van der Waals surface area contributed by atoms with Crippen LogP contribution in [0.25, 0.3) is 0 Å². The van der Waals surface area contributed by atoms with E-state index in [4.69, 9.17) is 11.6 Å². The van der Waals surface area contributed by atoms with Gasteiger partial charge in [0.05, 0.1) is 0 Å². The second kappa shape index (κ2) is 13.2. The molecular formula is C30H42ClN. The molecule has 0 bridgehead atoms. The van der Waals surface area contributed by atoms with Gasteiger partial charge in [-0.15, -0.1) is 0 Å². The number of unbranched alkanes of at least 4 members (excludes halogenated alkanes) is 1. The van der Waals surface area contributed by atoms with Crippen molar-refractivity contribution in [3.05, 3.63) is 82.5 Å². The summed E-state index contributed by atoms with van der Waals surface area (Å²) < 4.78 is 0. The third-order valence-corrected chi connectivity index (χ3v) is 7.53. The molecule has 2 atom stereocenters. The van der Waals surface area contributed by atoms with E-state index in [1.165, 1.54) is 61.8 Å². The second-order valence-corrected chi connectivity index (χ2v) is 10.2. The number of hydrogen-bond donors (Lipinski definition) is 0. The summed E-state index contributed by atoms with van der Waals surface area (Å²) in [6, 6.07) is 6.52. The van der Waals surface area contributed by atoms with Crippen LogP contribution in [0.5, 0.6) is 0 Å². The van der Waals surface area contributed by atoms with Crippen molar-refractivity contribution in [1.29, 1.82) is 0 Å². The summed E-state index contributed by atoms with van der Waals surface area (Å²) in [5, 5.41) is 0.870. The van der Waals surface area contributed by atoms with Crippen molar-refractivity contribution in [1.82, 2.24) is 4.90 Å². The predicted molar refractivity (Wildman–Crippen MR) is 141 cm³/mol. The monoisotopic (exact) mass is 451 g/mol. The normalized spacial score (nSPS) is 20.9. The third kappa shape index (κ3) is 7.78. The number of rotatable bonds is 13. The lowest BCUT2D eigenvalue weighted by Gasteiger charge is -2.37. The molecule has 1 aromatic carbocycles. The molecule has 0 heterocycles. The van der Waals surface area contributed by atoms with E-state index < -0.39 is 0 Å². The maximum absolute atomic E-state index is 6.35. The maximum Gasteiger partial charge on any atom is 0.0408 e. The van der Waals surface area contributed by atoms with E-state index in [0.29, 0.717) is 0 Å². The molecule has 32 heavy (non-hydrogen) atoms. The summed E-state index contributed by atoms with van der Waals surface area (Å²) in [5.74, 6) is 1.65. The van der Waals surface area contributed by atoms with Gasteiger partial charge in [-0.3, -0.25) is 0 Å². The second-order valence-electron chi connectivity index (χ2n) is 9.74. The van der Waals surface area contributed by atoms with Crippen LogP contribution < -0.4 is 0 Å². The molecule has 0 radical (unpaired) electrons. The van der Waals surface area contributed by atoms with Crippen molar-refractivity contribution >= 4 is 11.6 Å². The van der Waals surface area contributed by atoms with E-state index >= 15 is 0 Å². The van der Waals surface area contributed by atoms with E-state index in [0.717, 1.165) is 49.1 Å². The molecule has 1 saturated carbocycles. The Labute approximate surface area is 201 Å². The fourth-order valence-corrected chi connectivity index (χ4v) is 5.20. The molecular weight excluding hydrogens is 410 g/mol. The van der Waals surface area contributed by atoms with E-state index in [2.05, 4.69) is 68.0 Å². The van der Waals surface area contributed by atoms with Gasteiger partial charge in [0.1, 0.15) is 0 Å². The predicted octanol–water partition coefficient (Wildman–Crippen LogP) is 8.35. The number of halogens is 1. The lowest BCUT2D eigenvalue weighted by atomic mass is 9.73. The van der Waals surface area contributed by atoms with Gasteiger partial charge in [-0.1, -0.05) is 67.1 Å². The lowest BCUT2D eigenvalue weighted by Crippen LogP contribution is -2.36. The smallest absolute Gasteiger partial charge is 0.0408 e. The van der Waals surface area contributed by atoms with Gasteiger partial charge < -0.3 is 4.90 Å². The van der Waals surface area contributed by atoms with Gasteiger partial charge in [0, 0.05) is 18.1 Å². The first-order chi connectivity index (χ1) is 15.6. The number of likely N-dealkylation sites (N-methyl/N-ethyl adjacent to an activating group) is 1. The molecule has 2 aliphatic carbocycles. The van der Waals surface area contributed by atoms with Crippen LogP contribution in [0.1, 0.15) is 69.4 Å². The number of nitrogens with zero attached hydrogens (tertiary/aromatic N) is 1. The van der Waals surface area contributed by atoms with Crippen molar-refractivity contribution in [3.63, 3.8) is 0 Å². The van der Waals surface area contributed by atoms with Crippen LogP contribution >= 0.6 is 11.6 Å². The molecule has 0 spiro atoms. The highest BCUT2D eigenvalue weighted by Gasteiger charge is 2.29. The van der Waals surface area contributed by atoms with Crippen molar-refractivity contribution in [2.24, 2.45) is 11.8 Å². The quantitative estimate of drug-likeness (QED) is 0.215. The van der Waals surface area contributed by atoms with Crippen molar-refractivity contribution in [3.8, 4) is 0 Å². The van der Waals surface area contributed by atoms with Gasteiger partial charge in [0.15, 0.2) is 0 Å². The summed E-state index contributed by atoms with van der Waals surface area (Å²) in [7, 11) is 2.29. The van der Waals surface area contributed by atoms with Crippen LogP contribution in [0.2, 0.25) is 5.02 Å². The number of benzene rings is 1. The molecule has 1 nitrogen and oxygen atoms in total. The Hall–Kier alpha value is -1.57. The number of aryl methyl sites for hydroxylation is 1. The summed E-state index contributed by atoms with van der Waals surface area (Å²) in [4.78, 5) is 2.54. The number of allylic oxidation sites excluding steroid dienone is 7. The molecule has 0 aliphatic heterocycles. The van der Waals surface area contributed by atoms with Crippen LogP contribution in [-0.2, 0) is 12.8 Å². The minimum absolute atomic E-state index is 0.807. The highest BCUT2D eigenvalue weighted by atomic mass is 35.5. The van der Waals surface area contributed by atoms with Crippen LogP contribution in [0.4, 0.5) is 0 Å². The summed E-state index contributed by atoms with van der Waals surface area (Å²) >= 11 is 6.35. The van der Waals surface area contributed by atoms with E-state index in [1.807, 2.05) is 6.08 Å². The summed E-state index contributed by atoms with van der Waals surface area (Å²) in [6.07, 6.45) is 23.5. The molecule has 2 aliphatic rings. The largest absolute Gasteiger partial charge is 0.306 e. The van der Waals surface area contributed by atoms with E-state index in [-0.39, 0.29) is 0 Å². The summed E-state index contributed by atoms with van der Waals surface area (Å²) in [5.41, 5.74) is 5.89. The van der Waals surface area contributed by atoms with E-state index in [9.17, 15) is 0 Å². The molecule has 0 aromatic heterocycles. The van der Waals surface area contributed by atoms with Crippen LogP contribution in [-0.4, -0.2) is 25.0 Å². The average molecular weight is 452 g/mol. The van der Waals surface area contributed by atoms with Gasteiger partial charge in [-0.25, -0.2) is 0 Å². The van der Waals surface area contributed by atoms with E-state index in [1.54, 1.807) is 5.57 Å². The molecule has 174 valence electrons. The zero-order chi connectivity index (χ0) is 22.8. The highest BCUT2D eigenvalue weighted by Crippen LogP contribution is 2.36. The fraction of sp³-hybridized carbons (Fsp3) is 0.533. The van der Waals surface area contributed by atoms with Crippen molar-refractivity contribution < 1.29 is 0 Å². The Morgan fingerprint density at radius 3 is 2.59 bits per heavy atom. The topological polar surface area (TPSA) is 3.24 Å². The van der Waals surface area contributed by atoms with Gasteiger partial charge in [-0.2, -0.15) is 0 Å². The van der Waals surface area contributed by atoms with Crippen LogP contribution in [0, 0.1) is 11.8 Å². The first-order valence-electron chi connectivity index (χ1n) is 12.7. The first kappa shape index (κ1) is 25.1. The van der Waals surface area contributed by atoms with Gasteiger partial charge in [0.25, 0.3) is 0 Å². The summed E-state index contributed by atoms with van der Waals surface area (Å²) in [6.45, 7) is 8.45. The Kier molecular flexibility index (Phi) is 10.3. The Bertz CT molecular complexity index is 831. The zero-order valence-electron chi connectivity index (χ0n) is 20.3. The standard InChI is InChI=1S/C30H42ClN/c1-4-6-10-26-16-17-29(26)23-32(3)21-20-27-18-19-30(31)22-28(27)11-8-7-9-25-14-12-24(5-2)13-15-25/h5-6,10,12,14,18-19,22,26,29H,2,4,7-9,11,13,15-17,20-21,23H2,1,3H3/b10-6+. The number of hydrogen-bond acceptors (Lipinski definition) is 1. The Morgan fingerprint density at radius 2 is 1.91 bits per heavy atom. The molecule has 0 saturated heterocycles. The van der Waals surface area contributed by atoms with Crippen LogP contribution in [0.15, 0.2) is 66.3 Å². The zero-order valence-corrected chi connectivity index (χ0v) is 21.0. The lowest BCUT2D eigenvalue weighted by molar-refractivity contribution is 0.156. The molecule has 1 aromatic rings. The molecule has 2 unspecified atom stereocenters. The van der Waals surface area contributed by atoms with Gasteiger partial charge in [0.2, 0.25) is 0 Å². The Balaban J connectivity index is 1.44. The Morgan fingerprint density at radius 1 is 1.06 bits per heavy atom. The minimum Gasteiger partial charge on any atom is -0.306 e. The minimum atomic E-state index is 0.807. The average Bonchev–Trinajstić information content (AvgIpc) is 2.79. The molecule has 1 fully saturated rings. The molecule has 3 rings (SSSR count). The highest BCUT2D eigenvalue weighted by molar-refractivity contribution is 6.30. The SMILES string of the molecule is C=CC1=CC=C(CCCCc2cc(Cl)ccc2CCN(C)CC2CCC2/C=C/CC)CC1. The first-order valence-corrected chi connectivity index (χ1v) is 13.1. The van der Waals surface area contributed by atoms with Crippen molar-refractivity contribution in [2.45, 2.75) is 71.1 Å². The molecule has 0 amide bonds.